The zero-order valence-electron chi connectivity index (χ0n) is 7.53. The summed E-state index contributed by atoms with van der Waals surface area (Å²) in [6.07, 6.45) is 2.32. The number of hydrogen-bond acceptors (Lipinski definition) is 2. The van der Waals surface area contributed by atoms with Crippen LogP contribution in [-0.4, -0.2) is 16.4 Å². The Balaban J connectivity index is 2.03. The van der Waals surface area contributed by atoms with Crippen LogP contribution in [0.5, 0.6) is 0 Å². The first-order valence-corrected chi connectivity index (χ1v) is 4.40. The summed E-state index contributed by atoms with van der Waals surface area (Å²) in [7, 11) is 0. The minimum Gasteiger partial charge on any atom is -0.366 e. The zero-order chi connectivity index (χ0) is 8.55. The van der Waals surface area contributed by atoms with Crippen LogP contribution in [0.25, 0.3) is 0 Å². The van der Waals surface area contributed by atoms with Crippen molar-refractivity contribution in [2.24, 2.45) is 5.92 Å². The van der Waals surface area contributed by atoms with Crippen molar-refractivity contribution in [1.29, 1.82) is 0 Å². The third kappa shape index (κ3) is 1.67. The fourth-order valence-electron chi connectivity index (χ4n) is 1.24. The van der Waals surface area contributed by atoms with Gasteiger partial charge in [0.15, 0.2) is 0 Å². The Bertz CT molecular complexity index is 263. The van der Waals surface area contributed by atoms with E-state index < -0.39 is 0 Å². The van der Waals surface area contributed by atoms with Crippen molar-refractivity contribution in [2.75, 3.05) is 6.61 Å². The van der Waals surface area contributed by atoms with Crippen LogP contribution in [0.3, 0.4) is 0 Å². The average Bonchev–Trinajstić information content (AvgIpc) is 2.73. The summed E-state index contributed by atoms with van der Waals surface area (Å²) in [6, 6.07) is 2.04. The van der Waals surface area contributed by atoms with Gasteiger partial charge in [-0.1, -0.05) is 13.8 Å². The molecule has 0 radical (unpaired) electrons. The van der Waals surface area contributed by atoms with Gasteiger partial charge in [-0.3, -0.25) is 4.68 Å². The second-order valence-electron chi connectivity index (χ2n) is 3.68. The molecule has 2 heterocycles. The molecule has 0 unspecified atom stereocenters. The van der Waals surface area contributed by atoms with Crippen LogP contribution in [-0.2, 0) is 11.3 Å². The number of rotatable bonds is 3. The molecule has 0 saturated carbocycles. The summed E-state index contributed by atoms with van der Waals surface area (Å²) in [6.45, 7) is 6.22. The van der Waals surface area contributed by atoms with Crippen molar-refractivity contribution in [2.45, 2.75) is 26.5 Å². The third-order valence-electron chi connectivity index (χ3n) is 1.88. The van der Waals surface area contributed by atoms with E-state index in [0.717, 1.165) is 18.8 Å². The first kappa shape index (κ1) is 7.80. The van der Waals surface area contributed by atoms with Gasteiger partial charge in [-0.15, -0.1) is 0 Å². The fourth-order valence-corrected chi connectivity index (χ4v) is 1.24. The van der Waals surface area contributed by atoms with Crippen LogP contribution in [0.1, 0.15) is 25.6 Å². The number of nitrogens with zero attached hydrogens (tertiary/aromatic N) is 2. The topological polar surface area (TPSA) is 30.4 Å². The average molecular weight is 166 g/mol. The largest absolute Gasteiger partial charge is 0.366 e. The van der Waals surface area contributed by atoms with E-state index in [-0.39, 0.29) is 0 Å². The summed E-state index contributed by atoms with van der Waals surface area (Å²) in [5.74, 6) is 0.651. The summed E-state index contributed by atoms with van der Waals surface area (Å²) >= 11 is 0. The third-order valence-corrected chi connectivity index (χ3v) is 1.88. The molecule has 1 aliphatic rings. The molecule has 1 saturated heterocycles. The fraction of sp³-hybridized carbons (Fsp3) is 0.667. The van der Waals surface area contributed by atoms with E-state index >= 15 is 0 Å². The van der Waals surface area contributed by atoms with E-state index in [4.69, 9.17) is 4.74 Å². The number of hydrogen-bond donors (Lipinski definition) is 0. The molecule has 0 bridgehead atoms. The van der Waals surface area contributed by atoms with Gasteiger partial charge in [0.2, 0.25) is 0 Å². The molecule has 2 rings (SSSR count). The van der Waals surface area contributed by atoms with Gasteiger partial charge >= 0.3 is 0 Å². The summed E-state index contributed by atoms with van der Waals surface area (Å²) in [4.78, 5) is 0. The molecule has 0 amide bonds. The minimum absolute atomic E-state index is 0.290. The molecular weight excluding hydrogens is 152 g/mol. The second kappa shape index (κ2) is 2.90. The van der Waals surface area contributed by atoms with Gasteiger partial charge < -0.3 is 4.74 Å². The lowest BCUT2D eigenvalue weighted by atomic mass is 10.2. The first-order chi connectivity index (χ1) is 5.75. The van der Waals surface area contributed by atoms with E-state index in [1.54, 1.807) is 0 Å². The Hall–Kier alpha value is -0.830. The van der Waals surface area contributed by atoms with Crippen molar-refractivity contribution in [3.8, 4) is 0 Å². The Morgan fingerprint density at radius 2 is 2.50 bits per heavy atom. The SMILES string of the molecule is CC(C)Cn1ccc([C@@H]2CO2)n1. The monoisotopic (exact) mass is 166 g/mol. The maximum absolute atomic E-state index is 5.14. The molecular formula is C9H14N2O. The molecule has 1 atom stereocenters. The van der Waals surface area contributed by atoms with Crippen molar-refractivity contribution < 1.29 is 4.74 Å². The molecule has 0 N–H and O–H groups in total. The van der Waals surface area contributed by atoms with Crippen molar-refractivity contribution in [3.63, 3.8) is 0 Å². The Morgan fingerprint density at radius 1 is 1.75 bits per heavy atom. The smallest absolute Gasteiger partial charge is 0.125 e. The summed E-state index contributed by atoms with van der Waals surface area (Å²) in [5.41, 5.74) is 1.08. The summed E-state index contributed by atoms with van der Waals surface area (Å²) < 4.78 is 7.12. The minimum atomic E-state index is 0.290. The number of ether oxygens (including phenoxy) is 1. The highest BCUT2D eigenvalue weighted by Crippen LogP contribution is 2.27. The van der Waals surface area contributed by atoms with Crippen LogP contribution in [0.2, 0.25) is 0 Å². The van der Waals surface area contributed by atoms with E-state index in [2.05, 4.69) is 18.9 Å². The Morgan fingerprint density at radius 3 is 3.08 bits per heavy atom. The van der Waals surface area contributed by atoms with Crippen molar-refractivity contribution in [3.05, 3.63) is 18.0 Å². The van der Waals surface area contributed by atoms with Gasteiger partial charge in [0, 0.05) is 12.7 Å². The van der Waals surface area contributed by atoms with Gasteiger partial charge in [-0.05, 0) is 12.0 Å². The molecule has 1 aromatic rings. The highest BCUT2D eigenvalue weighted by atomic mass is 16.6. The molecule has 0 aliphatic carbocycles. The normalized spacial score (nSPS) is 21.8. The van der Waals surface area contributed by atoms with Gasteiger partial charge in [0.05, 0.1) is 12.3 Å². The molecule has 1 aliphatic heterocycles. The molecule has 66 valence electrons. The van der Waals surface area contributed by atoms with Gasteiger partial charge in [0.1, 0.15) is 6.10 Å². The molecule has 3 heteroatoms. The van der Waals surface area contributed by atoms with Gasteiger partial charge in [-0.25, -0.2) is 0 Å². The van der Waals surface area contributed by atoms with Crippen LogP contribution >= 0.6 is 0 Å². The van der Waals surface area contributed by atoms with Crippen molar-refractivity contribution in [1.82, 2.24) is 9.78 Å². The molecule has 0 aromatic carbocycles. The number of aromatic nitrogens is 2. The van der Waals surface area contributed by atoms with Crippen molar-refractivity contribution >= 4 is 0 Å². The lowest BCUT2D eigenvalue weighted by Crippen LogP contribution is -2.05. The summed E-state index contributed by atoms with van der Waals surface area (Å²) in [5, 5.41) is 4.40. The van der Waals surface area contributed by atoms with E-state index in [1.165, 1.54) is 0 Å². The molecule has 1 aromatic heterocycles. The second-order valence-corrected chi connectivity index (χ2v) is 3.68. The first-order valence-electron chi connectivity index (χ1n) is 4.40. The van der Waals surface area contributed by atoms with E-state index in [9.17, 15) is 0 Å². The molecule has 1 fully saturated rings. The maximum atomic E-state index is 5.14. The lowest BCUT2D eigenvalue weighted by molar-refractivity contribution is 0.405. The predicted octanol–water partition coefficient (Wildman–Crippen LogP) is 1.61. The highest BCUT2D eigenvalue weighted by molar-refractivity contribution is 5.07. The molecule has 3 nitrogen and oxygen atoms in total. The van der Waals surface area contributed by atoms with E-state index in [1.807, 2.05) is 16.9 Å². The van der Waals surface area contributed by atoms with Gasteiger partial charge in [-0.2, -0.15) is 5.10 Å². The lowest BCUT2D eigenvalue weighted by Gasteiger charge is -2.03. The van der Waals surface area contributed by atoms with Crippen LogP contribution in [0.15, 0.2) is 12.3 Å². The quantitative estimate of drug-likeness (QED) is 0.638. The van der Waals surface area contributed by atoms with Crippen LogP contribution in [0, 0.1) is 5.92 Å². The Labute approximate surface area is 72.3 Å². The van der Waals surface area contributed by atoms with E-state index in [0.29, 0.717) is 12.0 Å². The zero-order valence-corrected chi connectivity index (χ0v) is 7.53. The molecule has 12 heavy (non-hydrogen) atoms. The standard InChI is InChI=1S/C9H14N2O/c1-7(2)5-11-4-3-8(10-11)9-6-12-9/h3-4,7,9H,5-6H2,1-2H3/t9-/m0/s1. The number of epoxide rings is 1. The van der Waals surface area contributed by atoms with Gasteiger partial charge in [0.25, 0.3) is 0 Å². The van der Waals surface area contributed by atoms with Crippen LogP contribution < -0.4 is 0 Å². The molecule has 0 spiro atoms. The maximum Gasteiger partial charge on any atom is 0.125 e. The highest BCUT2D eigenvalue weighted by Gasteiger charge is 2.27. The Kier molecular flexibility index (Phi) is 1.89. The predicted molar refractivity (Wildman–Crippen MR) is 45.8 cm³/mol. The van der Waals surface area contributed by atoms with Crippen LogP contribution in [0.4, 0.5) is 0 Å².